The molecule has 1 aromatic rings. The van der Waals surface area contributed by atoms with Gasteiger partial charge in [-0.3, -0.25) is 19.4 Å². The molecule has 0 saturated carbocycles. The number of carboxylic acid groups (broad SMARTS) is 2. The summed E-state index contributed by atoms with van der Waals surface area (Å²) in [5.74, 6) is 0.311. The van der Waals surface area contributed by atoms with Crippen LogP contribution in [0, 0.1) is 5.92 Å². The molecule has 1 aromatic carbocycles. The summed E-state index contributed by atoms with van der Waals surface area (Å²) >= 11 is 0. The molecule has 0 amide bonds. The van der Waals surface area contributed by atoms with Gasteiger partial charge in [0.1, 0.15) is 12.4 Å². The van der Waals surface area contributed by atoms with Crippen molar-refractivity contribution in [1.82, 2.24) is 9.80 Å². The maximum absolute atomic E-state index is 11.1. The molecule has 2 fully saturated rings. The molecule has 9 nitrogen and oxygen atoms in total. The third kappa shape index (κ3) is 6.75. The van der Waals surface area contributed by atoms with Crippen molar-refractivity contribution in [2.24, 2.45) is 5.92 Å². The lowest BCUT2D eigenvalue weighted by molar-refractivity contribution is -0.138. The third-order valence-electron chi connectivity index (χ3n) is 4.71. The Morgan fingerprint density at radius 3 is 2.71 bits per heavy atom. The zero-order chi connectivity index (χ0) is 20.4. The van der Waals surface area contributed by atoms with E-state index in [2.05, 4.69) is 4.90 Å². The maximum Gasteiger partial charge on any atom is 0.317 e. The molecule has 0 spiro atoms. The van der Waals surface area contributed by atoms with Crippen molar-refractivity contribution in [1.29, 1.82) is 0 Å². The average molecular weight is 396 g/mol. The number of rotatable bonds is 7. The van der Waals surface area contributed by atoms with Gasteiger partial charge in [-0.2, -0.15) is 0 Å². The van der Waals surface area contributed by atoms with Gasteiger partial charge in [0.2, 0.25) is 0 Å². The van der Waals surface area contributed by atoms with Crippen LogP contribution in [0.1, 0.15) is 5.56 Å². The summed E-state index contributed by atoms with van der Waals surface area (Å²) in [6, 6.07) is 8.03. The van der Waals surface area contributed by atoms with Crippen LogP contribution >= 0.6 is 0 Å². The van der Waals surface area contributed by atoms with E-state index in [1.165, 1.54) is 0 Å². The van der Waals surface area contributed by atoms with E-state index in [1.807, 2.05) is 29.2 Å². The number of nitrogens with zero attached hydrogens (tertiary/aromatic N) is 2. The van der Waals surface area contributed by atoms with Crippen molar-refractivity contribution in [3.05, 3.63) is 29.8 Å². The number of carboxylic acids is 1. The van der Waals surface area contributed by atoms with Crippen LogP contribution in [0.15, 0.2) is 24.3 Å². The Bertz CT molecular complexity index is 628. The van der Waals surface area contributed by atoms with Crippen molar-refractivity contribution in [3.8, 4) is 5.75 Å². The van der Waals surface area contributed by atoms with E-state index in [1.54, 1.807) is 0 Å². The molecule has 0 aromatic heterocycles. The molecule has 2 heterocycles. The van der Waals surface area contributed by atoms with E-state index in [-0.39, 0.29) is 32.3 Å². The van der Waals surface area contributed by atoms with Gasteiger partial charge >= 0.3 is 5.97 Å². The SMILES string of the molecule is O=C(O)CN1C[C@@H]2COC[C@H](C1)N(Cc1ccccc1OCCO)C2.O=CO. The molecule has 2 aliphatic heterocycles. The van der Waals surface area contributed by atoms with Crippen LogP contribution in [0.2, 0.25) is 0 Å². The number of aliphatic hydroxyl groups is 1. The first-order chi connectivity index (χ1) is 13.6. The summed E-state index contributed by atoms with van der Waals surface area (Å²) in [7, 11) is 0. The highest BCUT2D eigenvalue weighted by molar-refractivity contribution is 5.69. The number of para-hydroxylation sites is 1. The predicted octanol–water partition coefficient (Wildman–Crippen LogP) is -0.0243. The van der Waals surface area contributed by atoms with Gasteiger partial charge in [-0.25, -0.2) is 0 Å². The Hall–Kier alpha value is -2.20. The average Bonchev–Trinajstić information content (AvgIpc) is 2.91. The monoisotopic (exact) mass is 396 g/mol. The van der Waals surface area contributed by atoms with Gasteiger partial charge < -0.3 is 24.8 Å². The van der Waals surface area contributed by atoms with Crippen molar-refractivity contribution < 1.29 is 34.4 Å². The van der Waals surface area contributed by atoms with Crippen LogP contribution in [0.25, 0.3) is 0 Å². The second-order valence-corrected chi connectivity index (χ2v) is 6.86. The molecule has 9 heteroatoms. The number of benzene rings is 1. The van der Waals surface area contributed by atoms with Gasteiger partial charge in [0.05, 0.1) is 26.4 Å². The quantitative estimate of drug-likeness (QED) is 0.546. The second kappa shape index (κ2) is 11.6. The summed E-state index contributed by atoms with van der Waals surface area (Å²) in [5, 5.41) is 25.0. The molecular weight excluding hydrogens is 368 g/mol. The standard InChI is InChI=1S/C18H26N2O5.CH2O2/c21-5-6-25-17-4-2-1-3-15(17)9-20-8-14-7-19(11-18(22)23)10-16(20)13-24-12-14;2-1-3/h1-4,14,16,21H,5-13H2,(H,22,23);1H,(H,2,3)/t14-,16-;/m0./s1. The Balaban J connectivity index is 0.000000878. The molecule has 2 aliphatic rings. The van der Waals surface area contributed by atoms with Crippen LogP contribution in [-0.2, 0) is 20.9 Å². The van der Waals surface area contributed by atoms with Gasteiger partial charge in [-0.05, 0) is 6.07 Å². The van der Waals surface area contributed by atoms with E-state index in [0.29, 0.717) is 25.7 Å². The van der Waals surface area contributed by atoms with Crippen molar-refractivity contribution >= 4 is 12.4 Å². The van der Waals surface area contributed by atoms with E-state index < -0.39 is 5.97 Å². The summed E-state index contributed by atoms with van der Waals surface area (Å²) in [6.07, 6.45) is 0. The van der Waals surface area contributed by atoms with Crippen molar-refractivity contribution in [2.75, 3.05) is 52.6 Å². The molecule has 28 heavy (non-hydrogen) atoms. The first-order valence-corrected chi connectivity index (χ1v) is 9.22. The number of fused-ring (bicyclic) bond motifs is 3. The highest BCUT2D eigenvalue weighted by Gasteiger charge is 2.34. The van der Waals surface area contributed by atoms with E-state index in [9.17, 15) is 4.79 Å². The fraction of sp³-hybridized carbons (Fsp3) is 0.579. The van der Waals surface area contributed by atoms with Gasteiger partial charge in [0.15, 0.2) is 0 Å². The fourth-order valence-corrected chi connectivity index (χ4v) is 3.69. The predicted molar refractivity (Wildman–Crippen MR) is 100 cm³/mol. The summed E-state index contributed by atoms with van der Waals surface area (Å²) in [4.78, 5) is 23.9. The third-order valence-corrected chi connectivity index (χ3v) is 4.71. The first-order valence-electron chi connectivity index (χ1n) is 9.22. The molecule has 2 bridgehead atoms. The van der Waals surface area contributed by atoms with Crippen LogP contribution < -0.4 is 4.74 Å². The largest absolute Gasteiger partial charge is 0.491 e. The highest BCUT2D eigenvalue weighted by Crippen LogP contribution is 2.25. The highest BCUT2D eigenvalue weighted by atomic mass is 16.5. The first kappa shape index (κ1) is 22.1. The lowest BCUT2D eigenvalue weighted by Crippen LogP contribution is -2.44. The topological polar surface area (TPSA) is 120 Å². The van der Waals surface area contributed by atoms with Gasteiger partial charge in [-0.1, -0.05) is 18.2 Å². The number of carbonyl (C=O) groups is 2. The normalized spacial score (nSPS) is 22.5. The number of ether oxygens (including phenoxy) is 2. The van der Waals surface area contributed by atoms with Crippen LogP contribution in [0.5, 0.6) is 5.75 Å². The number of aliphatic carboxylic acids is 1. The minimum atomic E-state index is -0.782. The maximum atomic E-state index is 11.1. The lowest BCUT2D eigenvalue weighted by Gasteiger charge is -2.31. The Kier molecular flexibility index (Phi) is 9.15. The minimum absolute atomic E-state index is 0.0132. The molecule has 0 radical (unpaired) electrons. The van der Waals surface area contributed by atoms with Crippen molar-refractivity contribution in [2.45, 2.75) is 12.6 Å². The Morgan fingerprint density at radius 1 is 1.25 bits per heavy atom. The summed E-state index contributed by atoms with van der Waals surface area (Å²) in [5.41, 5.74) is 1.08. The molecule has 0 aliphatic carbocycles. The van der Waals surface area contributed by atoms with E-state index in [4.69, 9.17) is 29.6 Å². The van der Waals surface area contributed by atoms with E-state index >= 15 is 0 Å². The molecule has 3 rings (SSSR count). The lowest BCUT2D eigenvalue weighted by atomic mass is 10.1. The molecule has 2 atom stereocenters. The van der Waals surface area contributed by atoms with Gasteiger partial charge in [-0.15, -0.1) is 0 Å². The van der Waals surface area contributed by atoms with Gasteiger partial charge in [0, 0.05) is 43.7 Å². The van der Waals surface area contributed by atoms with Crippen molar-refractivity contribution in [3.63, 3.8) is 0 Å². The summed E-state index contributed by atoms with van der Waals surface area (Å²) < 4.78 is 11.4. The summed E-state index contributed by atoms with van der Waals surface area (Å²) in [6.45, 7) is 4.45. The Labute approximate surface area is 164 Å². The van der Waals surface area contributed by atoms with E-state index in [0.717, 1.165) is 30.9 Å². The smallest absolute Gasteiger partial charge is 0.317 e. The second-order valence-electron chi connectivity index (χ2n) is 6.86. The number of hydrogen-bond acceptors (Lipinski definition) is 7. The number of aliphatic hydroxyl groups excluding tert-OH is 1. The number of hydrogen-bond donors (Lipinski definition) is 3. The van der Waals surface area contributed by atoms with Crippen LogP contribution in [-0.4, -0.2) is 96.2 Å². The van der Waals surface area contributed by atoms with Gasteiger partial charge in [0.25, 0.3) is 6.47 Å². The van der Waals surface area contributed by atoms with Crippen LogP contribution in [0.3, 0.4) is 0 Å². The zero-order valence-corrected chi connectivity index (χ0v) is 15.8. The molecule has 0 unspecified atom stereocenters. The molecular formula is C19H28N2O7. The minimum Gasteiger partial charge on any atom is -0.491 e. The fourth-order valence-electron chi connectivity index (χ4n) is 3.69. The zero-order valence-electron chi connectivity index (χ0n) is 15.8. The Morgan fingerprint density at radius 2 is 2.00 bits per heavy atom. The van der Waals surface area contributed by atoms with Crippen LogP contribution in [0.4, 0.5) is 0 Å². The molecule has 3 N–H and O–H groups in total. The molecule has 2 saturated heterocycles. The molecule has 156 valence electrons.